The van der Waals surface area contributed by atoms with Crippen LogP contribution in [0.4, 0.5) is 19.1 Å². The summed E-state index contributed by atoms with van der Waals surface area (Å²) in [6.45, 7) is 3.02. The number of halogens is 3. The quantitative estimate of drug-likeness (QED) is 0.928. The highest BCUT2D eigenvalue weighted by atomic mass is 19.4. The summed E-state index contributed by atoms with van der Waals surface area (Å²) in [5.74, 6) is 0.150. The van der Waals surface area contributed by atoms with Gasteiger partial charge in [0.2, 0.25) is 5.95 Å². The van der Waals surface area contributed by atoms with Gasteiger partial charge in [-0.3, -0.25) is 0 Å². The van der Waals surface area contributed by atoms with Crippen LogP contribution in [0.5, 0.6) is 0 Å². The Morgan fingerprint density at radius 1 is 1.29 bits per heavy atom. The number of alkyl halides is 3. The van der Waals surface area contributed by atoms with Crippen molar-refractivity contribution in [2.24, 2.45) is 0 Å². The summed E-state index contributed by atoms with van der Waals surface area (Å²) in [7, 11) is 1.77. The van der Waals surface area contributed by atoms with E-state index in [1.54, 1.807) is 11.9 Å². The van der Waals surface area contributed by atoms with E-state index >= 15 is 0 Å². The molecule has 118 valence electrons. The number of anilines is 1. The third-order valence-electron chi connectivity index (χ3n) is 3.99. The van der Waals surface area contributed by atoms with E-state index < -0.39 is 11.9 Å². The molecule has 7 heteroatoms. The van der Waals surface area contributed by atoms with Crippen molar-refractivity contribution in [2.75, 3.05) is 18.5 Å². The number of rotatable bonds is 4. The monoisotopic (exact) mass is 302 g/mol. The molecular weight excluding hydrogens is 281 g/mol. The molecule has 1 fully saturated rings. The maximum Gasteiger partial charge on any atom is 0.433 e. The van der Waals surface area contributed by atoms with Crippen molar-refractivity contribution in [3.63, 3.8) is 0 Å². The molecule has 1 N–H and O–H groups in total. The first kappa shape index (κ1) is 16.0. The van der Waals surface area contributed by atoms with Crippen LogP contribution in [-0.2, 0) is 6.18 Å². The second-order valence-electron chi connectivity index (χ2n) is 5.41. The molecule has 0 amide bonds. The maximum absolute atomic E-state index is 12.7. The van der Waals surface area contributed by atoms with Gasteiger partial charge in [0.1, 0.15) is 5.69 Å². The molecule has 1 aliphatic rings. The molecule has 4 nitrogen and oxygen atoms in total. The van der Waals surface area contributed by atoms with Crippen molar-refractivity contribution < 1.29 is 13.2 Å². The number of nitrogens with zero attached hydrogens (tertiary/aromatic N) is 3. The van der Waals surface area contributed by atoms with Gasteiger partial charge in [-0.15, -0.1) is 0 Å². The Morgan fingerprint density at radius 3 is 2.52 bits per heavy atom. The summed E-state index contributed by atoms with van der Waals surface area (Å²) in [6.07, 6.45) is 0.679. The van der Waals surface area contributed by atoms with Crippen LogP contribution >= 0.6 is 0 Å². The number of nitrogens with one attached hydrogen (secondary N) is 1. The average molecular weight is 302 g/mol. The molecule has 0 atom stereocenters. The van der Waals surface area contributed by atoms with Gasteiger partial charge in [0.25, 0.3) is 0 Å². The molecule has 0 aromatic carbocycles. The zero-order valence-electron chi connectivity index (χ0n) is 12.3. The zero-order valence-corrected chi connectivity index (χ0v) is 12.3. The number of aromatic nitrogens is 2. The Kier molecular flexibility index (Phi) is 5.03. The molecular formula is C14H21F3N4. The van der Waals surface area contributed by atoms with E-state index in [1.165, 1.54) is 6.20 Å². The van der Waals surface area contributed by atoms with E-state index in [2.05, 4.69) is 22.2 Å². The van der Waals surface area contributed by atoms with E-state index in [0.717, 1.165) is 38.3 Å². The zero-order chi connectivity index (χ0) is 15.5. The van der Waals surface area contributed by atoms with Crippen LogP contribution < -0.4 is 10.2 Å². The lowest BCUT2D eigenvalue weighted by Gasteiger charge is -2.35. The van der Waals surface area contributed by atoms with Gasteiger partial charge in [0.15, 0.2) is 0 Å². The molecule has 0 aliphatic heterocycles. The lowest BCUT2D eigenvalue weighted by molar-refractivity contribution is -0.141. The summed E-state index contributed by atoms with van der Waals surface area (Å²) in [4.78, 5) is 9.41. The van der Waals surface area contributed by atoms with Crippen LogP contribution in [0.1, 0.15) is 38.3 Å². The van der Waals surface area contributed by atoms with Crippen LogP contribution in [0.15, 0.2) is 12.3 Å². The third kappa shape index (κ3) is 4.06. The molecule has 1 aliphatic carbocycles. The summed E-state index contributed by atoms with van der Waals surface area (Å²) < 4.78 is 38.1. The fourth-order valence-electron chi connectivity index (χ4n) is 2.80. The highest BCUT2D eigenvalue weighted by Gasteiger charge is 2.33. The fraction of sp³-hybridized carbons (Fsp3) is 0.714. The second kappa shape index (κ2) is 6.60. The van der Waals surface area contributed by atoms with Crippen molar-refractivity contribution in [3.8, 4) is 0 Å². The van der Waals surface area contributed by atoms with E-state index in [-0.39, 0.29) is 12.0 Å². The van der Waals surface area contributed by atoms with E-state index in [4.69, 9.17) is 0 Å². The van der Waals surface area contributed by atoms with Crippen LogP contribution in [0.25, 0.3) is 0 Å². The Labute approximate surface area is 122 Å². The summed E-state index contributed by atoms with van der Waals surface area (Å²) in [6, 6.07) is 1.62. The van der Waals surface area contributed by atoms with Gasteiger partial charge in [-0.05, 0) is 38.3 Å². The van der Waals surface area contributed by atoms with Gasteiger partial charge in [0, 0.05) is 25.3 Å². The molecule has 0 unspecified atom stereocenters. The van der Waals surface area contributed by atoms with Crippen LogP contribution in [-0.4, -0.2) is 35.6 Å². The number of hydrogen-bond donors (Lipinski definition) is 1. The predicted octanol–water partition coefficient (Wildman–Crippen LogP) is 2.85. The van der Waals surface area contributed by atoms with Gasteiger partial charge < -0.3 is 10.2 Å². The van der Waals surface area contributed by atoms with Crippen molar-refractivity contribution in [2.45, 2.75) is 50.9 Å². The van der Waals surface area contributed by atoms with Crippen molar-refractivity contribution in [1.29, 1.82) is 0 Å². The van der Waals surface area contributed by atoms with Gasteiger partial charge in [0.05, 0.1) is 0 Å². The molecule has 0 saturated heterocycles. The van der Waals surface area contributed by atoms with Crippen molar-refractivity contribution >= 4 is 5.95 Å². The first-order valence-electron chi connectivity index (χ1n) is 7.28. The normalized spacial score (nSPS) is 23.1. The first-order valence-corrected chi connectivity index (χ1v) is 7.28. The molecule has 1 aromatic heterocycles. The predicted molar refractivity (Wildman–Crippen MR) is 75.2 cm³/mol. The van der Waals surface area contributed by atoms with Gasteiger partial charge >= 0.3 is 6.18 Å². The molecule has 0 bridgehead atoms. The molecule has 2 rings (SSSR count). The summed E-state index contributed by atoms with van der Waals surface area (Å²) >= 11 is 0. The van der Waals surface area contributed by atoms with Gasteiger partial charge in [-0.2, -0.15) is 13.2 Å². The minimum Gasteiger partial charge on any atom is -0.341 e. The van der Waals surface area contributed by atoms with E-state index in [9.17, 15) is 13.2 Å². The smallest absolute Gasteiger partial charge is 0.341 e. The fourth-order valence-corrected chi connectivity index (χ4v) is 2.80. The highest BCUT2D eigenvalue weighted by molar-refractivity contribution is 5.31. The summed E-state index contributed by atoms with van der Waals surface area (Å²) in [5.41, 5.74) is -0.888. The standard InChI is InChI=1S/C14H21F3N4/c1-3-18-10-4-6-11(7-5-10)21(2)13-19-9-8-12(20-13)14(15,16)17/h8-11,18H,3-7H2,1-2H3. The second-order valence-corrected chi connectivity index (χ2v) is 5.41. The first-order chi connectivity index (χ1) is 9.91. The van der Waals surface area contributed by atoms with Crippen molar-refractivity contribution in [1.82, 2.24) is 15.3 Å². The molecule has 1 aromatic rings. The molecule has 0 radical (unpaired) electrons. The lowest BCUT2D eigenvalue weighted by atomic mass is 9.90. The van der Waals surface area contributed by atoms with Crippen molar-refractivity contribution in [3.05, 3.63) is 18.0 Å². The highest BCUT2D eigenvalue weighted by Crippen LogP contribution is 2.29. The third-order valence-corrected chi connectivity index (χ3v) is 3.99. The Balaban J connectivity index is 2.02. The van der Waals surface area contributed by atoms with Crippen LogP contribution in [0.3, 0.4) is 0 Å². The van der Waals surface area contributed by atoms with E-state index in [0.29, 0.717) is 6.04 Å². The maximum atomic E-state index is 12.7. The Hall–Kier alpha value is -1.37. The van der Waals surface area contributed by atoms with Crippen LogP contribution in [0.2, 0.25) is 0 Å². The molecule has 0 spiro atoms. The summed E-state index contributed by atoms with van der Waals surface area (Å²) in [5, 5.41) is 3.41. The minimum absolute atomic E-state index is 0.150. The Morgan fingerprint density at radius 2 is 1.95 bits per heavy atom. The topological polar surface area (TPSA) is 41.0 Å². The van der Waals surface area contributed by atoms with Gasteiger partial charge in [-0.25, -0.2) is 9.97 Å². The lowest BCUT2D eigenvalue weighted by Crippen LogP contribution is -2.41. The largest absolute Gasteiger partial charge is 0.433 e. The molecule has 1 heterocycles. The van der Waals surface area contributed by atoms with Crippen LogP contribution in [0, 0.1) is 0 Å². The van der Waals surface area contributed by atoms with Gasteiger partial charge in [-0.1, -0.05) is 6.92 Å². The number of hydrogen-bond acceptors (Lipinski definition) is 4. The SMILES string of the molecule is CCNC1CCC(N(C)c2nccc(C(F)(F)F)n2)CC1. The Bertz CT molecular complexity index is 456. The van der Waals surface area contributed by atoms with E-state index in [1.807, 2.05) is 0 Å². The molecule has 1 saturated carbocycles. The minimum atomic E-state index is -4.43. The average Bonchev–Trinajstić information content (AvgIpc) is 2.47. The molecule has 21 heavy (non-hydrogen) atoms.